The lowest BCUT2D eigenvalue weighted by atomic mass is 9.88. The average Bonchev–Trinajstić information content (AvgIpc) is 3.00. The molecule has 0 saturated heterocycles. The van der Waals surface area contributed by atoms with E-state index in [9.17, 15) is 18.3 Å². The number of nitrogens with zero attached hydrogens (tertiary/aromatic N) is 4. The highest BCUT2D eigenvalue weighted by molar-refractivity contribution is 7.92. The number of nitrogens with one attached hydrogen (secondary N) is 3. The molecule has 0 amide bonds. The number of aryl methyl sites for hydroxylation is 2. The fourth-order valence-electron chi connectivity index (χ4n) is 5.12. The summed E-state index contributed by atoms with van der Waals surface area (Å²) in [6, 6.07) is 12.5. The van der Waals surface area contributed by atoms with E-state index >= 15 is 0 Å². The fraction of sp³-hybridized carbons (Fsp3) is 0.417. The molecule has 1 atom stereocenters. The minimum atomic E-state index is -4.24. The van der Waals surface area contributed by atoms with Crippen molar-refractivity contribution in [3.05, 3.63) is 83.4 Å². The quantitative estimate of drug-likeness (QED) is 0.114. The van der Waals surface area contributed by atoms with E-state index in [-0.39, 0.29) is 45.8 Å². The van der Waals surface area contributed by atoms with Gasteiger partial charge in [-0.05, 0) is 60.4 Å². The SMILES string of the molecule is Cc1cccc(C)c1-c1cc(OC[C@@H](CC(C)(C)C)NCc2ncc(NCC(C)(C)C)cn2)nc(NS(=O)(=O)c2cccc(C(=O)O)c2)n1. The molecule has 0 saturated carbocycles. The maximum absolute atomic E-state index is 13.4. The first-order valence-electron chi connectivity index (χ1n) is 16.1. The number of carboxylic acids is 1. The van der Waals surface area contributed by atoms with Crippen LogP contribution in [0.2, 0.25) is 0 Å². The molecular weight excluding hydrogens is 643 g/mol. The number of anilines is 2. The van der Waals surface area contributed by atoms with Gasteiger partial charge in [0.25, 0.3) is 10.0 Å². The Morgan fingerprint density at radius 1 is 0.918 bits per heavy atom. The fourth-order valence-corrected chi connectivity index (χ4v) is 6.11. The van der Waals surface area contributed by atoms with Crippen molar-refractivity contribution in [3.8, 4) is 17.1 Å². The molecule has 49 heavy (non-hydrogen) atoms. The molecule has 0 fully saturated rings. The third kappa shape index (κ3) is 11.2. The van der Waals surface area contributed by atoms with E-state index < -0.39 is 16.0 Å². The molecule has 0 aliphatic carbocycles. The van der Waals surface area contributed by atoms with Crippen LogP contribution in [0.1, 0.15) is 75.3 Å². The van der Waals surface area contributed by atoms with Crippen molar-refractivity contribution in [2.24, 2.45) is 10.8 Å². The first kappa shape index (κ1) is 37.2. The van der Waals surface area contributed by atoms with Crippen LogP contribution in [-0.2, 0) is 16.6 Å². The summed E-state index contributed by atoms with van der Waals surface area (Å²) in [5.74, 6) is -0.625. The summed E-state index contributed by atoms with van der Waals surface area (Å²) in [7, 11) is -4.24. The molecule has 12 nitrogen and oxygen atoms in total. The van der Waals surface area contributed by atoms with Crippen LogP contribution in [-0.4, -0.2) is 58.6 Å². The van der Waals surface area contributed by atoms with Crippen LogP contribution in [0.4, 0.5) is 11.6 Å². The average molecular weight is 690 g/mol. The molecule has 13 heteroatoms. The van der Waals surface area contributed by atoms with E-state index in [1.54, 1.807) is 18.5 Å². The maximum Gasteiger partial charge on any atom is 0.335 e. The minimum Gasteiger partial charge on any atom is -0.478 e. The largest absolute Gasteiger partial charge is 0.478 e. The number of ether oxygens (including phenoxy) is 1. The lowest BCUT2D eigenvalue weighted by Crippen LogP contribution is -2.38. The predicted octanol–water partition coefficient (Wildman–Crippen LogP) is 6.48. The summed E-state index contributed by atoms with van der Waals surface area (Å²) in [5.41, 5.74) is 3.98. The minimum absolute atomic E-state index is 0.0387. The van der Waals surface area contributed by atoms with Gasteiger partial charge in [-0.15, -0.1) is 0 Å². The van der Waals surface area contributed by atoms with Gasteiger partial charge in [-0.2, -0.15) is 4.98 Å². The molecule has 2 aromatic heterocycles. The molecule has 4 N–H and O–H groups in total. The Kier molecular flexibility index (Phi) is 11.6. The van der Waals surface area contributed by atoms with E-state index in [0.717, 1.165) is 41.4 Å². The van der Waals surface area contributed by atoms with Crippen LogP contribution in [0.3, 0.4) is 0 Å². The Morgan fingerprint density at radius 3 is 2.18 bits per heavy atom. The van der Waals surface area contributed by atoms with E-state index in [0.29, 0.717) is 18.1 Å². The topological polar surface area (TPSA) is 168 Å². The third-order valence-electron chi connectivity index (χ3n) is 7.43. The number of hydrogen-bond donors (Lipinski definition) is 4. The van der Waals surface area contributed by atoms with Crippen molar-refractivity contribution in [1.29, 1.82) is 0 Å². The van der Waals surface area contributed by atoms with Gasteiger partial charge in [-0.1, -0.05) is 65.8 Å². The van der Waals surface area contributed by atoms with Gasteiger partial charge in [0, 0.05) is 24.2 Å². The number of hydrogen-bond acceptors (Lipinski definition) is 10. The van der Waals surface area contributed by atoms with E-state index in [2.05, 4.69) is 76.8 Å². The molecule has 0 unspecified atom stereocenters. The van der Waals surface area contributed by atoms with Crippen LogP contribution in [0.5, 0.6) is 5.88 Å². The smallest absolute Gasteiger partial charge is 0.335 e. The molecule has 4 aromatic rings. The van der Waals surface area contributed by atoms with Gasteiger partial charge in [0.1, 0.15) is 12.4 Å². The zero-order valence-electron chi connectivity index (χ0n) is 29.5. The van der Waals surface area contributed by atoms with Crippen molar-refractivity contribution in [2.45, 2.75) is 79.3 Å². The summed E-state index contributed by atoms with van der Waals surface area (Å²) in [4.78, 5) is 29.3. The second-order valence-corrected chi connectivity index (χ2v) is 16.3. The van der Waals surface area contributed by atoms with Crippen LogP contribution in [0.25, 0.3) is 11.3 Å². The summed E-state index contributed by atoms with van der Waals surface area (Å²) in [6.07, 6.45) is 4.31. The number of carboxylic acid groups (broad SMARTS) is 1. The van der Waals surface area contributed by atoms with E-state index in [4.69, 9.17) is 4.74 Å². The molecule has 0 bridgehead atoms. The molecule has 0 spiro atoms. The highest BCUT2D eigenvalue weighted by atomic mass is 32.2. The van der Waals surface area contributed by atoms with E-state index in [1.807, 2.05) is 32.0 Å². The van der Waals surface area contributed by atoms with Crippen LogP contribution < -0.4 is 20.1 Å². The van der Waals surface area contributed by atoms with Crippen LogP contribution in [0, 0.1) is 24.7 Å². The van der Waals surface area contributed by atoms with Crippen molar-refractivity contribution in [2.75, 3.05) is 23.2 Å². The Labute approximate surface area is 289 Å². The number of aromatic carboxylic acids is 1. The Morgan fingerprint density at radius 2 is 1.57 bits per heavy atom. The van der Waals surface area contributed by atoms with Crippen molar-refractivity contribution in [3.63, 3.8) is 0 Å². The number of carbonyl (C=O) groups is 1. The lowest BCUT2D eigenvalue weighted by Gasteiger charge is -2.27. The normalized spacial score (nSPS) is 12.7. The molecule has 2 heterocycles. The van der Waals surface area contributed by atoms with Gasteiger partial charge in [-0.3, -0.25) is 0 Å². The van der Waals surface area contributed by atoms with Gasteiger partial charge in [0.2, 0.25) is 11.8 Å². The first-order chi connectivity index (χ1) is 22.9. The standard InChI is InChI=1S/C36H47N7O5S/c1-23-11-9-12-24(2)32(23)29-16-31(42-34(41-29)43-49(46,47)28-14-10-13-25(15-28)33(44)45)48-21-26(17-35(3,4)5)37-20-30-38-18-27(19-39-30)40-22-36(6,7)8/h9-16,18-19,26,37,40H,17,20-22H2,1-8H3,(H,44,45)(H,41,42,43)/t26-/m1/s1. The highest BCUT2D eigenvalue weighted by Gasteiger charge is 2.23. The molecule has 262 valence electrons. The zero-order valence-corrected chi connectivity index (χ0v) is 30.3. The number of benzene rings is 2. The van der Waals surface area contributed by atoms with Crippen molar-refractivity contribution < 1.29 is 23.1 Å². The van der Waals surface area contributed by atoms with Crippen molar-refractivity contribution >= 4 is 27.6 Å². The molecule has 0 aliphatic rings. The molecule has 0 aliphatic heterocycles. The molecule has 2 aromatic carbocycles. The molecular formula is C36H47N7O5S. The second kappa shape index (κ2) is 15.3. The van der Waals surface area contributed by atoms with Crippen LogP contribution >= 0.6 is 0 Å². The van der Waals surface area contributed by atoms with Crippen molar-refractivity contribution in [1.82, 2.24) is 25.3 Å². The predicted molar refractivity (Wildman–Crippen MR) is 191 cm³/mol. The summed E-state index contributed by atoms with van der Waals surface area (Å²) in [5, 5.41) is 16.3. The summed E-state index contributed by atoms with van der Waals surface area (Å²) < 4.78 is 35.4. The first-order valence-corrected chi connectivity index (χ1v) is 17.6. The Bertz CT molecular complexity index is 1850. The number of aromatic nitrogens is 4. The number of rotatable bonds is 14. The van der Waals surface area contributed by atoms with Gasteiger partial charge < -0.3 is 20.5 Å². The molecule has 4 rings (SSSR count). The molecule has 0 radical (unpaired) electrons. The van der Waals surface area contributed by atoms with Gasteiger partial charge in [0.15, 0.2) is 0 Å². The maximum atomic E-state index is 13.4. The van der Waals surface area contributed by atoms with Gasteiger partial charge >= 0.3 is 5.97 Å². The Hall–Kier alpha value is -4.62. The Balaban J connectivity index is 1.58. The summed E-state index contributed by atoms with van der Waals surface area (Å²) >= 11 is 0. The monoisotopic (exact) mass is 689 g/mol. The van der Waals surface area contributed by atoms with E-state index in [1.165, 1.54) is 18.2 Å². The lowest BCUT2D eigenvalue weighted by molar-refractivity contribution is 0.0696. The highest BCUT2D eigenvalue weighted by Crippen LogP contribution is 2.30. The second-order valence-electron chi connectivity index (χ2n) is 14.6. The summed E-state index contributed by atoms with van der Waals surface area (Å²) in [6.45, 7) is 18.2. The number of sulfonamides is 1. The third-order valence-corrected chi connectivity index (χ3v) is 8.75. The van der Waals surface area contributed by atoms with Gasteiger partial charge in [-0.25, -0.2) is 32.9 Å². The van der Waals surface area contributed by atoms with Crippen LogP contribution in [0.15, 0.2) is 65.8 Å². The zero-order chi connectivity index (χ0) is 36.0. The van der Waals surface area contributed by atoms with Gasteiger partial charge in [0.05, 0.1) is 40.8 Å².